The molecule has 124 valence electrons. The van der Waals surface area contributed by atoms with E-state index in [-0.39, 0.29) is 5.82 Å². The summed E-state index contributed by atoms with van der Waals surface area (Å²) in [5.74, 6) is 0.270. The zero-order chi connectivity index (χ0) is 17.4. The number of aromatic nitrogens is 2. The predicted molar refractivity (Wildman–Crippen MR) is 101 cm³/mol. The Balaban J connectivity index is 1.92. The number of rotatable bonds is 3. The number of nitrogens with zero attached hydrogens (tertiary/aromatic N) is 2. The van der Waals surface area contributed by atoms with E-state index >= 15 is 0 Å². The molecule has 4 rings (SSSR count). The van der Waals surface area contributed by atoms with Crippen LogP contribution in [0.5, 0.6) is 0 Å². The van der Waals surface area contributed by atoms with Crippen LogP contribution in [-0.4, -0.2) is 9.55 Å². The van der Waals surface area contributed by atoms with E-state index in [0.29, 0.717) is 28.0 Å². The third-order valence-electron chi connectivity index (χ3n) is 4.11. The first-order chi connectivity index (χ1) is 12.1. The molecule has 0 saturated carbocycles. The molecule has 25 heavy (non-hydrogen) atoms. The van der Waals surface area contributed by atoms with Crippen molar-refractivity contribution in [1.82, 2.24) is 9.55 Å². The van der Waals surface area contributed by atoms with E-state index in [4.69, 9.17) is 23.2 Å². The number of halogens is 3. The summed E-state index contributed by atoms with van der Waals surface area (Å²) in [5, 5.41) is 1.16. The number of imidazole rings is 1. The Bertz CT molecular complexity index is 1070. The van der Waals surface area contributed by atoms with Gasteiger partial charge in [-0.2, -0.15) is 0 Å². The average molecular weight is 371 g/mol. The maximum absolute atomic E-state index is 14.4. The standard InChI is InChI=1S/C20H13Cl2FN2/c21-14-10-9-13(16(22)11-14)12-25-19-8-4-3-7-18(19)24-20(25)15-5-1-2-6-17(15)23/h1-11H,12H2. The molecular weight excluding hydrogens is 358 g/mol. The normalized spacial score (nSPS) is 11.2. The number of fused-ring (bicyclic) bond motifs is 1. The first kappa shape index (κ1) is 16.1. The third kappa shape index (κ3) is 3.01. The van der Waals surface area contributed by atoms with Crippen molar-refractivity contribution in [3.05, 3.63) is 88.2 Å². The van der Waals surface area contributed by atoms with E-state index in [0.717, 1.165) is 16.6 Å². The Morgan fingerprint density at radius 2 is 1.68 bits per heavy atom. The van der Waals surface area contributed by atoms with Crippen LogP contribution >= 0.6 is 23.2 Å². The molecule has 0 aliphatic carbocycles. The predicted octanol–water partition coefficient (Wildman–Crippen LogP) is 6.20. The lowest BCUT2D eigenvalue weighted by molar-refractivity contribution is 0.628. The molecule has 0 radical (unpaired) electrons. The van der Waals surface area contributed by atoms with Gasteiger partial charge in [0.1, 0.15) is 11.6 Å². The lowest BCUT2D eigenvalue weighted by Gasteiger charge is -2.11. The SMILES string of the molecule is Fc1ccccc1-c1nc2ccccc2n1Cc1ccc(Cl)cc1Cl. The molecule has 0 bridgehead atoms. The van der Waals surface area contributed by atoms with E-state index in [9.17, 15) is 4.39 Å². The van der Waals surface area contributed by atoms with Gasteiger partial charge in [0.05, 0.1) is 23.1 Å². The number of para-hydroxylation sites is 2. The first-order valence-electron chi connectivity index (χ1n) is 7.77. The molecule has 0 atom stereocenters. The average Bonchev–Trinajstić information content (AvgIpc) is 2.96. The van der Waals surface area contributed by atoms with Crippen molar-refractivity contribution in [2.75, 3.05) is 0 Å². The molecular formula is C20H13Cl2FN2. The van der Waals surface area contributed by atoms with Gasteiger partial charge in [0.15, 0.2) is 0 Å². The van der Waals surface area contributed by atoms with E-state index in [1.54, 1.807) is 30.3 Å². The molecule has 0 N–H and O–H groups in total. The summed E-state index contributed by atoms with van der Waals surface area (Å²) < 4.78 is 16.3. The Labute approximate surface area is 154 Å². The van der Waals surface area contributed by atoms with Crippen molar-refractivity contribution in [2.24, 2.45) is 0 Å². The summed E-state index contributed by atoms with van der Waals surface area (Å²) in [6.45, 7) is 0.472. The fraction of sp³-hybridized carbons (Fsp3) is 0.0500. The highest BCUT2D eigenvalue weighted by Crippen LogP contribution is 2.29. The maximum atomic E-state index is 14.4. The summed E-state index contributed by atoms with van der Waals surface area (Å²) in [6, 6.07) is 19.8. The minimum absolute atomic E-state index is 0.304. The molecule has 1 aromatic heterocycles. The van der Waals surface area contributed by atoms with Crippen molar-refractivity contribution in [1.29, 1.82) is 0 Å². The molecule has 5 heteroatoms. The molecule has 4 aromatic rings. The van der Waals surface area contributed by atoms with Gasteiger partial charge in [0.25, 0.3) is 0 Å². The lowest BCUT2D eigenvalue weighted by Crippen LogP contribution is -2.03. The van der Waals surface area contributed by atoms with Gasteiger partial charge in [-0.1, -0.05) is 53.5 Å². The van der Waals surface area contributed by atoms with Crippen molar-refractivity contribution >= 4 is 34.2 Å². The molecule has 0 aliphatic rings. The van der Waals surface area contributed by atoms with Gasteiger partial charge < -0.3 is 4.57 Å². The second-order valence-electron chi connectivity index (χ2n) is 5.73. The molecule has 0 aliphatic heterocycles. The Kier molecular flexibility index (Phi) is 4.20. The van der Waals surface area contributed by atoms with E-state index in [1.807, 2.05) is 34.9 Å². The van der Waals surface area contributed by atoms with Crippen molar-refractivity contribution in [3.63, 3.8) is 0 Å². The zero-order valence-electron chi connectivity index (χ0n) is 13.1. The van der Waals surface area contributed by atoms with Crippen LogP contribution in [0.1, 0.15) is 5.56 Å². The van der Waals surface area contributed by atoms with Crippen molar-refractivity contribution < 1.29 is 4.39 Å². The molecule has 3 aromatic carbocycles. The molecule has 0 spiro atoms. The summed E-state index contributed by atoms with van der Waals surface area (Å²) in [4.78, 5) is 4.64. The van der Waals surface area contributed by atoms with Crippen molar-refractivity contribution in [3.8, 4) is 11.4 Å². The minimum Gasteiger partial charge on any atom is -0.319 e. The number of hydrogen-bond acceptors (Lipinski definition) is 1. The fourth-order valence-electron chi connectivity index (χ4n) is 2.90. The van der Waals surface area contributed by atoms with Gasteiger partial charge in [-0.05, 0) is 42.0 Å². The second-order valence-corrected chi connectivity index (χ2v) is 6.57. The van der Waals surface area contributed by atoms with Crippen LogP contribution in [-0.2, 0) is 6.54 Å². The summed E-state index contributed by atoms with van der Waals surface area (Å²) in [7, 11) is 0. The van der Waals surface area contributed by atoms with Gasteiger partial charge in [-0.15, -0.1) is 0 Å². The molecule has 1 heterocycles. The molecule has 0 fully saturated rings. The van der Waals surface area contributed by atoms with E-state index < -0.39 is 0 Å². The Hall–Kier alpha value is -2.36. The Morgan fingerprint density at radius 1 is 0.920 bits per heavy atom. The molecule has 0 unspecified atom stereocenters. The zero-order valence-corrected chi connectivity index (χ0v) is 14.6. The summed E-state index contributed by atoms with van der Waals surface area (Å²) in [5.41, 5.74) is 3.09. The monoisotopic (exact) mass is 370 g/mol. The Morgan fingerprint density at radius 3 is 2.48 bits per heavy atom. The quantitative estimate of drug-likeness (QED) is 0.419. The maximum Gasteiger partial charge on any atom is 0.144 e. The highest BCUT2D eigenvalue weighted by molar-refractivity contribution is 6.35. The van der Waals surface area contributed by atoms with Gasteiger partial charge in [0.2, 0.25) is 0 Å². The van der Waals surface area contributed by atoms with Crippen LogP contribution in [0, 0.1) is 5.82 Å². The molecule has 2 nitrogen and oxygen atoms in total. The van der Waals surface area contributed by atoms with E-state index in [2.05, 4.69) is 4.98 Å². The third-order valence-corrected chi connectivity index (χ3v) is 4.70. The number of hydrogen-bond donors (Lipinski definition) is 0. The number of benzene rings is 3. The second kappa shape index (κ2) is 6.51. The highest BCUT2D eigenvalue weighted by atomic mass is 35.5. The van der Waals surface area contributed by atoms with Crippen LogP contribution in [0.2, 0.25) is 10.0 Å². The van der Waals surface area contributed by atoms with Gasteiger partial charge in [0, 0.05) is 10.0 Å². The van der Waals surface area contributed by atoms with Crippen molar-refractivity contribution in [2.45, 2.75) is 6.54 Å². The summed E-state index contributed by atoms with van der Waals surface area (Å²) >= 11 is 12.3. The van der Waals surface area contributed by atoms with Crippen LogP contribution < -0.4 is 0 Å². The smallest absolute Gasteiger partial charge is 0.144 e. The minimum atomic E-state index is -0.304. The fourth-order valence-corrected chi connectivity index (χ4v) is 3.37. The summed E-state index contributed by atoms with van der Waals surface area (Å²) in [6.07, 6.45) is 0. The van der Waals surface area contributed by atoms with Gasteiger partial charge in [-0.25, -0.2) is 9.37 Å². The molecule has 0 saturated heterocycles. The van der Waals surface area contributed by atoms with Gasteiger partial charge in [-0.3, -0.25) is 0 Å². The van der Waals surface area contributed by atoms with Crippen LogP contribution in [0.15, 0.2) is 66.7 Å². The van der Waals surface area contributed by atoms with E-state index in [1.165, 1.54) is 6.07 Å². The topological polar surface area (TPSA) is 17.8 Å². The molecule has 0 amide bonds. The van der Waals surface area contributed by atoms with Crippen LogP contribution in [0.4, 0.5) is 4.39 Å². The van der Waals surface area contributed by atoms with Gasteiger partial charge >= 0.3 is 0 Å². The highest BCUT2D eigenvalue weighted by Gasteiger charge is 2.16. The van der Waals surface area contributed by atoms with Crippen LogP contribution in [0.3, 0.4) is 0 Å². The lowest BCUT2D eigenvalue weighted by atomic mass is 10.1. The van der Waals surface area contributed by atoms with Crippen LogP contribution in [0.25, 0.3) is 22.4 Å². The largest absolute Gasteiger partial charge is 0.319 e. The first-order valence-corrected chi connectivity index (χ1v) is 8.53.